The molecule has 2 heterocycles. The molecule has 0 aliphatic rings. The van der Waals surface area contributed by atoms with Crippen LogP contribution in [-0.4, -0.2) is 9.13 Å². The molecule has 2 aromatic carbocycles. The van der Waals surface area contributed by atoms with Gasteiger partial charge in [-0.25, -0.2) is 0 Å². The lowest BCUT2D eigenvalue weighted by molar-refractivity contribution is 0.960. The maximum Gasteiger partial charge on any atom is 0.0539 e. The molecule has 0 aliphatic carbocycles. The lowest BCUT2D eigenvalue weighted by Crippen LogP contribution is -1.93. The van der Waals surface area contributed by atoms with Crippen LogP contribution in [0.5, 0.6) is 0 Å². The van der Waals surface area contributed by atoms with Crippen LogP contribution in [0.1, 0.15) is 5.56 Å². The monoisotopic (exact) mass is 248 g/mol. The van der Waals surface area contributed by atoms with E-state index in [-0.39, 0.29) is 0 Å². The fourth-order valence-corrected chi connectivity index (χ4v) is 3.44. The molecule has 0 saturated heterocycles. The first-order chi connectivity index (χ1) is 9.18. The first-order valence-corrected chi connectivity index (χ1v) is 6.60. The Morgan fingerprint density at radius 2 is 1.68 bits per heavy atom. The Bertz CT molecular complexity index is 938. The van der Waals surface area contributed by atoms with E-state index in [0.717, 1.165) is 0 Å². The fraction of sp³-hybridized carbons (Fsp3) is 0.176. The van der Waals surface area contributed by atoms with E-state index in [4.69, 9.17) is 0 Å². The third kappa shape index (κ3) is 1.21. The summed E-state index contributed by atoms with van der Waals surface area (Å²) in [7, 11) is 4.27. The van der Waals surface area contributed by atoms with Crippen LogP contribution in [0, 0.1) is 6.92 Å². The van der Waals surface area contributed by atoms with Crippen molar-refractivity contribution < 1.29 is 0 Å². The van der Waals surface area contributed by atoms with Crippen LogP contribution in [-0.2, 0) is 14.1 Å². The first kappa shape index (κ1) is 10.7. The number of para-hydroxylation sites is 1. The normalized spacial score (nSPS) is 11.9. The van der Waals surface area contributed by atoms with E-state index in [1.165, 1.54) is 38.3 Å². The van der Waals surface area contributed by atoms with Gasteiger partial charge < -0.3 is 9.13 Å². The Kier molecular flexibility index (Phi) is 1.92. The van der Waals surface area contributed by atoms with Crippen molar-refractivity contribution in [3.63, 3.8) is 0 Å². The van der Waals surface area contributed by atoms with Crippen molar-refractivity contribution in [1.82, 2.24) is 9.13 Å². The van der Waals surface area contributed by atoms with Crippen molar-refractivity contribution in [2.45, 2.75) is 6.92 Å². The molecule has 0 saturated carbocycles. The Morgan fingerprint density at radius 3 is 2.53 bits per heavy atom. The van der Waals surface area contributed by atoms with Gasteiger partial charge in [-0.1, -0.05) is 18.2 Å². The fourth-order valence-electron chi connectivity index (χ4n) is 3.44. The summed E-state index contributed by atoms with van der Waals surface area (Å²) in [6.45, 7) is 2.23. The minimum Gasteiger partial charge on any atom is -0.350 e. The smallest absolute Gasteiger partial charge is 0.0539 e. The zero-order valence-corrected chi connectivity index (χ0v) is 11.4. The van der Waals surface area contributed by atoms with Crippen LogP contribution in [0.2, 0.25) is 0 Å². The molecule has 2 heteroatoms. The van der Waals surface area contributed by atoms with Gasteiger partial charge in [-0.05, 0) is 30.7 Å². The zero-order valence-electron chi connectivity index (χ0n) is 11.4. The van der Waals surface area contributed by atoms with Crippen LogP contribution in [0.4, 0.5) is 0 Å². The zero-order chi connectivity index (χ0) is 13.1. The van der Waals surface area contributed by atoms with Gasteiger partial charge in [0.05, 0.1) is 11.0 Å². The SMILES string of the molecule is Cc1c2c(ccn2C)cc2c3ccccc3n(C)c12. The molecular formula is C17H16N2. The molecule has 0 aliphatic heterocycles. The Balaban J connectivity index is 2.39. The van der Waals surface area contributed by atoms with Crippen molar-refractivity contribution in [1.29, 1.82) is 0 Å². The predicted molar refractivity (Wildman–Crippen MR) is 81.6 cm³/mol. The van der Waals surface area contributed by atoms with E-state index >= 15 is 0 Å². The first-order valence-electron chi connectivity index (χ1n) is 6.60. The van der Waals surface area contributed by atoms with E-state index < -0.39 is 0 Å². The van der Waals surface area contributed by atoms with Gasteiger partial charge in [0.25, 0.3) is 0 Å². The Morgan fingerprint density at radius 1 is 0.895 bits per heavy atom. The number of fused-ring (bicyclic) bond motifs is 4. The highest BCUT2D eigenvalue weighted by molar-refractivity contribution is 6.14. The second-order valence-corrected chi connectivity index (χ2v) is 5.34. The number of hydrogen-bond donors (Lipinski definition) is 0. The maximum absolute atomic E-state index is 2.32. The summed E-state index contributed by atoms with van der Waals surface area (Å²) in [5.41, 5.74) is 5.34. The van der Waals surface area contributed by atoms with Crippen LogP contribution in [0.3, 0.4) is 0 Å². The van der Waals surface area contributed by atoms with Crippen LogP contribution >= 0.6 is 0 Å². The van der Waals surface area contributed by atoms with E-state index in [1.54, 1.807) is 0 Å². The van der Waals surface area contributed by atoms with Crippen molar-refractivity contribution in [3.8, 4) is 0 Å². The topological polar surface area (TPSA) is 9.86 Å². The standard InChI is InChI=1S/C17H16N2/c1-11-16-12(8-9-18(16)2)10-14-13-6-4-5-7-15(13)19(3)17(11)14/h4-10H,1-3H3. The second kappa shape index (κ2) is 3.41. The lowest BCUT2D eigenvalue weighted by atomic mass is 10.1. The highest BCUT2D eigenvalue weighted by Crippen LogP contribution is 2.34. The molecular weight excluding hydrogens is 232 g/mol. The third-order valence-corrected chi connectivity index (χ3v) is 4.26. The highest BCUT2D eigenvalue weighted by Gasteiger charge is 2.13. The van der Waals surface area contributed by atoms with E-state index in [2.05, 4.69) is 72.7 Å². The van der Waals surface area contributed by atoms with Gasteiger partial charge in [0.15, 0.2) is 0 Å². The molecule has 2 aromatic heterocycles. The van der Waals surface area contributed by atoms with Crippen molar-refractivity contribution >= 4 is 32.7 Å². The van der Waals surface area contributed by atoms with Crippen LogP contribution in [0.25, 0.3) is 32.7 Å². The molecule has 0 spiro atoms. The maximum atomic E-state index is 2.32. The molecule has 0 fully saturated rings. The number of rotatable bonds is 0. The van der Waals surface area contributed by atoms with E-state index in [0.29, 0.717) is 0 Å². The van der Waals surface area contributed by atoms with Gasteiger partial charge in [-0.15, -0.1) is 0 Å². The van der Waals surface area contributed by atoms with Crippen LogP contribution < -0.4 is 0 Å². The minimum absolute atomic E-state index is 1.30. The lowest BCUT2D eigenvalue weighted by Gasteiger charge is -2.06. The summed E-state index contributed by atoms with van der Waals surface area (Å²) >= 11 is 0. The van der Waals surface area contributed by atoms with Crippen LogP contribution in [0.15, 0.2) is 42.6 Å². The molecule has 2 nitrogen and oxygen atoms in total. The molecule has 19 heavy (non-hydrogen) atoms. The summed E-state index contributed by atoms with van der Waals surface area (Å²) in [4.78, 5) is 0. The largest absolute Gasteiger partial charge is 0.350 e. The van der Waals surface area contributed by atoms with Gasteiger partial charge in [0, 0.05) is 42.0 Å². The summed E-state index contributed by atoms with van der Waals surface area (Å²) in [6.07, 6.45) is 2.14. The van der Waals surface area contributed by atoms with Gasteiger partial charge in [0.1, 0.15) is 0 Å². The molecule has 0 atom stereocenters. The number of nitrogens with zero attached hydrogens (tertiary/aromatic N) is 2. The summed E-state index contributed by atoms with van der Waals surface area (Å²) in [6, 6.07) is 13.2. The Hall–Kier alpha value is -2.22. The van der Waals surface area contributed by atoms with Gasteiger partial charge >= 0.3 is 0 Å². The highest BCUT2D eigenvalue weighted by atomic mass is 15.0. The molecule has 0 unspecified atom stereocenters. The number of aromatic nitrogens is 2. The molecule has 0 N–H and O–H groups in total. The number of benzene rings is 2. The second-order valence-electron chi connectivity index (χ2n) is 5.34. The predicted octanol–water partition coefficient (Wildman–Crippen LogP) is 4.13. The van der Waals surface area contributed by atoms with Crippen molar-refractivity contribution in [3.05, 3.63) is 48.2 Å². The van der Waals surface area contributed by atoms with Crippen molar-refractivity contribution in [2.24, 2.45) is 14.1 Å². The average molecular weight is 248 g/mol. The molecule has 0 radical (unpaired) electrons. The molecule has 0 amide bonds. The number of hydrogen-bond acceptors (Lipinski definition) is 0. The van der Waals surface area contributed by atoms with E-state index in [1.807, 2.05) is 0 Å². The molecule has 4 rings (SSSR count). The summed E-state index contributed by atoms with van der Waals surface area (Å²) < 4.78 is 4.52. The minimum atomic E-state index is 1.30. The Labute approximate surface area is 111 Å². The summed E-state index contributed by atoms with van der Waals surface area (Å²) in [5, 5.41) is 4.02. The van der Waals surface area contributed by atoms with E-state index in [9.17, 15) is 0 Å². The molecule has 4 aromatic rings. The summed E-state index contributed by atoms with van der Waals surface area (Å²) in [5.74, 6) is 0. The number of aryl methyl sites for hydroxylation is 3. The third-order valence-electron chi connectivity index (χ3n) is 4.26. The van der Waals surface area contributed by atoms with Crippen molar-refractivity contribution in [2.75, 3.05) is 0 Å². The van der Waals surface area contributed by atoms with Gasteiger partial charge in [-0.2, -0.15) is 0 Å². The average Bonchev–Trinajstić information content (AvgIpc) is 2.92. The molecule has 0 bridgehead atoms. The molecule has 94 valence electrons. The van der Waals surface area contributed by atoms with Gasteiger partial charge in [0.2, 0.25) is 0 Å². The quantitative estimate of drug-likeness (QED) is 0.443. The van der Waals surface area contributed by atoms with Gasteiger partial charge in [-0.3, -0.25) is 0 Å².